The summed E-state index contributed by atoms with van der Waals surface area (Å²) in [6.45, 7) is 0.258. The molecular formula is C8H8ClN3O2. The molecule has 1 aromatic heterocycles. The van der Waals surface area contributed by atoms with Crippen LogP contribution in [0.25, 0.3) is 0 Å². The highest BCUT2D eigenvalue weighted by Gasteiger charge is 2.30. The summed E-state index contributed by atoms with van der Waals surface area (Å²) < 4.78 is 0. The second-order valence-corrected chi connectivity index (χ2v) is 3.45. The van der Waals surface area contributed by atoms with Crippen LogP contribution in [0, 0.1) is 0 Å². The molecular weight excluding hydrogens is 206 g/mol. The molecule has 0 aliphatic carbocycles. The molecule has 0 bridgehead atoms. The molecule has 5 nitrogen and oxygen atoms in total. The summed E-state index contributed by atoms with van der Waals surface area (Å²) in [6, 6.07) is 0. The van der Waals surface area contributed by atoms with Crippen molar-refractivity contribution >= 4 is 23.3 Å². The highest BCUT2D eigenvalue weighted by molar-refractivity contribution is 6.29. The molecule has 14 heavy (non-hydrogen) atoms. The van der Waals surface area contributed by atoms with E-state index in [-0.39, 0.29) is 24.0 Å². The number of hydrogen-bond acceptors (Lipinski definition) is 4. The Kier molecular flexibility index (Phi) is 2.35. The first-order valence-corrected chi connectivity index (χ1v) is 4.50. The van der Waals surface area contributed by atoms with E-state index in [0.29, 0.717) is 5.82 Å². The number of nitrogens with zero attached hydrogens (tertiary/aromatic N) is 3. The van der Waals surface area contributed by atoms with Gasteiger partial charge in [0.05, 0.1) is 31.5 Å². The molecule has 1 fully saturated rings. The number of β-amino-alcohol motifs (C(OH)–C–C–N with tert-alkyl or cyclic N) is 1. The molecule has 1 aliphatic heterocycles. The minimum atomic E-state index is -0.622. The molecule has 1 saturated heterocycles. The molecule has 1 atom stereocenters. The van der Waals surface area contributed by atoms with Crippen LogP contribution in [0.2, 0.25) is 5.15 Å². The fourth-order valence-electron chi connectivity index (χ4n) is 1.37. The van der Waals surface area contributed by atoms with Crippen molar-refractivity contribution in [3.05, 3.63) is 17.5 Å². The van der Waals surface area contributed by atoms with Crippen LogP contribution >= 0.6 is 11.6 Å². The summed E-state index contributed by atoms with van der Waals surface area (Å²) in [7, 11) is 0. The van der Waals surface area contributed by atoms with Gasteiger partial charge in [0.1, 0.15) is 5.15 Å². The number of amides is 1. The SMILES string of the molecule is O=C1CC(O)CN1c1cncc(Cl)n1. The van der Waals surface area contributed by atoms with Gasteiger partial charge in [-0.1, -0.05) is 11.6 Å². The van der Waals surface area contributed by atoms with Gasteiger partial charge in [0, 0.05) is 0 Å². The van der Waals surface area contributed by atoms with Crippen molar-refractivity contribution in [3.63, 3.8) is 0 Å². The van der Waals surface area contributed by atoms with Crippen LogP contribution in [0.4, 0.5) is 5.82 Å². The topological polar surface area (TPSA) is 66.3 Å². The Morgan fingerprint density at radius 2 is 2.36 bits per heavy atom. The van der Waals surface area contributed by atoms with Gasteiger partial charge in [0.15, 0.2) is 5.82 Å². The summed E-state index contributed by atoms with van der Waals surface area (Å²) >= 11 is 5.63. The number of halogens is 1. The molecule has 1 amide bonds. The molecule has 74 valence electrons. The number of carbonyl (C=O) groups excluding carboxylic acids is 1. The van der Waals surface area contributed by atoms with E-state index in [0.717, 1.165) is 0 Å². The molecule has 2 heterocycles. The first kappa shape index (κ1) is 9.36. The number of aliphatic hydroxyl groups excluding tert-OH is 1. The summed E-state index contributed by atoms with van der Waals surface area (Å²) in [6.07, 6.45) is 2.35. The molecule has 1 N–H and O–H groups in total. The Hall–Kier alpha value is -1.20. The van der Waals surface area contributed by atoms with Crippen LogP contribution < -0.4 is 4.90 Å². The van der Waals surface area contributed by atoms with Crippen molar-refractivity contribution < 1.29 is 9.90 Å². The third kappa shape index (κ3) is 1.69. The number of carbonyl (C=O) groups is 1. The zero-order valence-corrected chi connectivity index (χ0v) is 7.98. The fourth-order valence-corrected chi connectivity index (χ4v) is 1.52. The lowest BCUT2D eigenvalue weighted by Crippen LogP contribution is -2.26. The van der Waals surface area contributed by atoms with Gasteiger partial charge in [-0.2, -0.15) is 0 Å². The first-order valence-electron chi connectivity index (χ1n) is 4.13. The van der Waals surface area contributed by atoms with Gasteiger partial charge in [0.25, 0.3) is 0 Å². The predicted molar refractivity (Wildman–Crippen MR) is 50.0 cm³/mol. The number of rotatable bonds is 1. The maximum absolute atomic E-state index is 11.4. The normalized spacial score (nSPS) is 21.7. The Balaban J connectivity index is 2.27. The molecule has 0 spiro atoms. The highest BCUT2D eigenvalue weighted by Crippen LogP contribution is 2.19. The van der Waals surface area contributed by atoms with Gasteiger partial charge in [0.2, 0.25) is 5.91 Å². The number of anilines is 1. The van der Waals surface area contributed by atoms with Gasteiger partial charge in [-0.3, -0.25) is 14.7 Å². The van der Waals surface area contributed by atoms with Crippen molar-refractivity contribution in [2.24, 2.45) is 0 Å². The van der Waals surface area contributed by atoms with Crippen molar-refractivity contribution in [1.29, 1.82) is 0 Å². The summed E-state index contributed by atoms with van der Waals surface area (Å²) in [5.41, 5.74) is 0. The average Bonchev–Trinajstić information content (AvgIpc) is 2.45. The number of aromatic nitrogens is 2. The maximum atomic E-state index is 11.4. The minimum Gasteiger partial charge on any atom is -0.391 e. The molecule has 0 saturated carbocycles. The highest BCUT2D eigenvalue weighted by atomic mass is 35.5. The van der Waals surface area contributed by atoms with Crippen LogP contribution in [0.3, 0.4) is 0 Å². The molecule has 0 aromatic carbocycles. The zero-order valence-electron chi connectivity index (χ0n) is 7.22. The lowest BCUT2D eigenvalue weighted by Gasteiger charge is -2.13. The third-order valence-electron chi connectivity index (χ3n) is 1.97. The van der Waals surface area contributed by atoms with Crippen LogP contribution in [0.15, 0.2) is 12.4 Å². The monoisotopic (exact) mass is 213 g/mol. The number of aliphatic hydroxyl groups is 1. The Morgan fingerprint density at radius 1 is 1.57 bits per heavy atom. The smallest absolute Gasteiger partial charge is 0.230 e. The van der Waals surface area contributed by atoms with E-state index in [1.54, 1.807) is 0 Å². The molecule has 0 radical (unpaired) electrons. The van der Waals surface area contributed by atoms with Crippen molar-refractivity contribution in [3.8, 4) is 0 Å². The van der Waals surface area contributed by atoms with Gasteiger partial charge in [-0.25, -0.2) is 4.98 Å². The quantitative estimate of drug-likeness (QED) is 0.725. The third-order valence-corrected chi connectivity index (χ3v) is 2.16. The van der Waals surface area contributed by atoms with Gasteiger partial charge < -0.3 is 5.11 Å². The predicted octanol–water partition coefficient (Wildman–Crippen LogP) is 0.228. The van der Waals surface area contributed by atoms with Crippen LogP contribution in [-0.2, 0) is 4.79 Å². The summed E-state index contributed by atoms with van der Waals surface area (Å²) in [5, 5.41) is 9.49. The Labute approximate surface area is 85.3 Å². The first-order chi connectivity index (χ1) is 6.66. The van der Waals surface area contributed by atoms with E-state index in [1.807, 2.05) is 0 Å². The zero-order chi connectivity index (χ0) is 10.1. The molecule has 1 aromatic rings. The Morgan fingerprint density at radius 3 is 2.93 bits per heavy atom. The van der Waals surface area contributed by atoms with Crippen molar-refractivity contribution in [2.75, 3.05) is 11.4 Å². The van der Waals surface area contributed by atoms with Crippen LogP contribution in [-0.4, -0.2) is 33.6 Å². The molecule has 2 rings (SSSR count). The lowest BCUT2D eigenvalue weighted by molar-refractivity contribution is -0.117. The molecule has 1 aliphatic rings. The molecule has 6 heteroatoms. The Bertz CT molecular complexity index is 371. The minimum absolute atomic E-state index is 0.133. The van der Waals surface area contributed by atoms with Gasteiger partial charge >= 0.3 is 0 Å². The van der Waals surface area contributed by atoms with Crippen molar-refractivity contribution in [1.82, 2.24) is 9.97 Å². The average molecular weight is 214 g/mol. The fraction of sp³-hybridized carbons (Fsp3) is 0.375. The maximum Gasteiger partial charge on any atom is 0.230 e. The summed E-state index contributed by atoms with van der Waals surface area (Å²) in [4.78, 5) is 20.5. The second kappa shape index (κ2) is 3.51. The van der Waals surface area contributed by atoms with E-state index >= 15 is 0 Å². The lowest BCUT2D eigenvalue weighted by atomic mass is 10.3. The van der Waals surface area contributed by atoms with Gasteiger partial charge in [-0.05, 0) is 0 Å². The summed E-state index contributed by atoms with van der Waals surface area (Å²) in [5.74, 6) is 0.230. The number of hydrogen-bond donors (Lipinski definition) is 1. The van der Waals surface area contributed by atoms with Crippen molar-refractivity contribution in [2.45, 2.75) is 12.5 Å². The van der Waals surface area contributed by atoms with E-state index in [2.05, 4.69) is 9.97 Å². The molecule has 1 unspecified atom stereocenters. The van der Waals surface area contributed by atoms with Gasteiger partial charge in [-0.15, -0.1) is 0 Å². The van der Waals surface area contributed by atoms with E-state index in [4.69, 9.17) is 11.6 Å². The standard InChI is InChI=1S/C8H8ClN3O2/c9-6-2-10-3-7(11-6)12-4-5(13)1-8(12)14/h2-3,5,13H,1,4H2. The van der Waals surface area contributed by atoms with E-state index < -0.39 is 6.10 Å². The van der Waals surface area contributed by atoms with Crippen LogP contribution in [0.5, 0.6) is 0 Å². The second-order valence-electron chi connectivity index (χ2n) is 3.06. The van der Waals surface area contributed by atoms with E-state index in [9.17, 15) is 9.90 Å². The van der Waals surface area contributed by atoms with E-state index in [1.165, 1.54) is 17.3 Å². The largest absolute Gasteiger partial charge is 0.391 e. The van der Waals surface area contributed by atoms with Crippen LogP contribution in [0.1, 0.15) is 6.42 Å².